The fraction of sp³-hybridized carbons (Fsp3) is 0.650. The van der Waals surface area contributed by atoms with Crippen molar-refractivity contribution in [2.45, 2.75) is 127 Å². The number of phenolic OH excluding ortho intramolecular Hbond substituents is 2. The van der Waals surface area contributed by atoms with E-state index in [9.17, 15) is 40.2 Å². The van der Waals surface area contributed by atoms with Crippen LogP contribution in [0.3, 0.4) is 0 Å². The van der Waals surface area contributed by atoms with E-state index < -0.39 is 23.8 Å². The number of rotatable bonds is 5. The highest BCUT2D eigenvalue weighted by Gasteiger charge is 2.59. The number of aliphatic hydroxyl groups excluding tert-OH is 2. The van der Waals surface area contributed by atoms with Crippen molar-refractivity contribution in [2.24, 2.45) is 34.5 Å². The van der Waals surface area contributed by atoms with Gasteiger partial charge in [0.25, 0.3) is 0 Å². The van der Waals surface area contributed by atoms with Crippen LogP contribution < -0.4 is 0 Å². The first-order chi connectivity index (χ1) is 22.8. The second-order valence-corrected chi connectivity index (χ2v) is 17.0. The number of hydrogen-bond acceptors (Lipinski definition) is 6. The highest BCUT2D eigenvalue weighted by Crippen LogP contribution is 2.65. The van der Waals surface area contributed by atoms with E-state index in [4.69, 9.17) is 0 Å². The predicted octanol–water partition coefficient (Wildman–Crippen LogP) is 6.38. The molecule has 258 valence electrons. The molecule has 10 atom stereocenters. The number of phenols is 2. The number of benzene rings is 2. The number of aryl methyl sites for hydroxylation is 2. The van der Waals surface area contributed by atoms with Crippen molar-refractivity contribution in [3.63, 3.8) is 0 Å². The van der Waals surface area contributed by atoms with Gasteiger partial charge in [-0.05, 0) is 181 Å². The molecular weight excluding hydrogens is 608 g/mol. The molecule has 6 aliphatic rings. The maximum absolute atomic E-state index is 14.1. The third kappa shape index (κ3) is 4.33. The molecule has 0 heterocycles. The zero-order valence-electron chi connectivity index (χ0n) is 28.1. The highest BCUT2D eigenvalue weighted by atomic mass is 16.4. The summed E-state index contributed by atoms with van der Waals surface area (Å²) >= 11 is 0. The predicted molar refractivity (Wildman–Crippen MR) is 178 cm³/mol. The van der Waals surface area contributed by atoms with Crippen LogP contribution in [0, 0.1) is 34.5 Å². The molecule has 6 aliphatic carbocycles. The van der Waals surface area contributed by atoms with Crippen LogP contribution in [0.15, 0.2) is 24.3 Å². The van der Waals surface area contributed by atoms with E-state index in [0.717, 1.165) is 86.5 Å². The van der Waals surface area contributed by atoms with E-state index in [2.05, 4.69) is 13.8 Å². The molecule has 0 unspecified atom stereocenters. The first-order valence-electron chi connectivity index (χ1n) is 18.3. The summed E-state index contributed by atoms with van der Waals surface area (Å²) in [5, 5.41) is 66.5. The van der Waals surface area contributed by atoms with Crippen LogP contribution in [0.4, 0.5) is 0 Å². The minimum absolute atomic E-state index is 0.0171. The normalized spacial score (nSPS) is 39.2. The van der Waals surface area contributed by atoms with Crippen LogP contribution in [0.5, 0.6) is 11.5 Å². The van der Waals surface area contributed by atoms with Crippen LogP contribution in [0.2, 0.25) is 0 Å². The van der Waals surface area contributed by atoms with Crippen molar-refractivity contribution in [2.75, 3.05) is 0 Å². The Morgan fingerprint density at radius 1 is 0.688 bits per heavy atom. The minimum Gasteiger partial charge on any atom is -0.508 e. The number of carboxylic acids is 2. The molecule has 8 nitrogen and oxygen atoms in total. The molecule has 0 aliphatic heterocycles. The summed E-state index contributed by atoms with van der Waals surface area (Å²) in [6.45, 7) is 4.39. The van der Waals surface area contributed by atoms with Crippen molar-refractivity contribution in [3.05, 3.63) is 57.6 Å². The summed E-state index contributed by atoms with van der Waals surface area (Å²) in [6, 6.07) is 6.50. The Labute approximate surface area is 282 Å². The van der Waals surface area contributed by atoms with Gasteiger partial charge in [0.05, 0.1) is 18.6 Å². The molecule has 48 heavy (non-hydrogen) atoms. The number of fused-ring (bicyclic) bond motifs is 10. The van der Waals surface area contributed by atoms with Gasteiger partial charge in [0, 0.05) is 0 Å². The number of hydrogen-bond donors (Lipinski definition) is 6. The van der Waals surface area contributed by atoms with Crippen LogP contribution in [0.1, 0.15) is 130 Å². The van der Waals surface area contributed by atoms with Crippen LogP contribution in [-0.2, 0) is 27.8 Å². The van der Waals surface area contributed by atoms with Crippen molar-refractivity contribution in [1.29, 1.82) is 0 Å². The summed E-state index contributed by atoms with van der Waals surface area (Å²) < 4.78 is 0. The molecule has 0 aromatic heterocycles. The maximum atomic E-state index is 14.1. The van der Waals surface area contributed by atoms with Gasteiger partial charge in [-0.3, -0.25) is 9.59 Å². The summed E-state index contributed by atoms with van der Waals surface area (Å²) in [4.78, 5) is 27.1. The van der Waals surface area contributed by atoms with Crippen LogP contribution >= 0.6 is 0 Å². The maximum Gasteiger partial charge on any atom is 0.319 e. The lowest BCUT2D eigenvalue weighted by atomic mass is 9.52. The number of carboxylic acid groups (broad SMARTS) is 2. The van der Waals surface area contributed by atoms with Crippen LogP contribution in [0.25, 0.3) is 0 Å². The number of aromatic hydroxyl groups is 2. The summed E-state index contributed by atoms with van der Waals surface area (Å²) in [5.41, 5.74) is 1.73. The highest BCUT2D eigenvalue weighted by molar-refractivity contribution is 5.93. The van der Waals surface area contributed by atoms with E-state index in [1.54, 1.807) is 12.1 Å². The van der Waals surface area contributed by atoms with Crippen molar-refractivity contribution < 1.29 is 40.2 Å². The van der Waals surface area contributed by atoms with Gasteiger partial charge >= 0.3 is 11.9 Å². The Morgan fingerprint density at radius 3 is 1.52 bits per heavy atom. The molecule has 0 spiro atoms. The lowest BCUT2D eigenvalue weighted by Gasteiger charge is -2.52. The SMILES string of the molecule is C[C@]12CC[C@@H]3c4c(cc(O)cc4C(CC(=O)O)(C(=O)O)c4cc(O)cc5c4[C@H]4CC[C@]6(C)[C@H](O)CC[C@H]6[C@@H]4CC5)CC[C@H]3[C@@H]1CC[C@H]2O. The number of aliphatic hydroxyl groups is 2. The van der Waals surface area contributed by atoms with Gasteiger partial charge in [-0.2, -0.15) is 0 Å². The Morgan fingerprint density at radius 2 is 1.12 bits per heavy atom. The fourth-order valence-electron chi connectivity index (χ4n) is 12.9. The quantitative estimate of drug-likeness (QED) is 0.216. The number of aliphatic carboxylic acids is 2. The van der Waals surface area contributed by atoms with Gasteiger partial charge in [-0.25, -0.2) is 0 Å². The van der Waals surface area contributed by atoms with E-state index in [1.165, 1.54) is 12.1 Å². The molecule has 8 rings (SSSR count). The van der Waals surface area contributed by atoms with E-state index >= 15 is 0 Å². The zero-order chi connectivity index (χ0) is 33.9. The minimum atomic E-state index is -2.05. The van der Waals surface area contributed by atoms with Crippen molar-refractivity contribution in [1.82, 2.24) is 0 Å². The second kappa shape index (κ2) is 10.9. The first kappa shape index (κ1) is 32.1. The Kier molecular flexibility index (Phi) is 7.33. The first-order valence-corrected chi connectivity index (χ1v) is 18.3. The molecule has 8 heteroatoms. The molecule has 0 saturated heterocycles. The molecule has 2 aromatic rings. The van der Waals surface area contributed by atoms with Crippen molar-refractivity contribution >= 4 is 11.9 Å². The average molecular weight is 659 g/mol. The Bertz CT molecular complexity index is 1580. The smallest absolute Gasteiger partial charge is 0.319 e. The van der Waals surface area contributed by atoms with Gasteiger partial charge in [0.2, 0.25) is 0 Å². The van der Waals surface area contributed by atoms with Gasteiger partial charge in [-0.15, -0.1) is 0 Å². The largest absolute Gasteiger partial charge is 0.508 e. The third-order valence-corrected chi connectivity index (χ3v) is 15.2. The molecular formula is C40H50O8. The fourth-order valence-corrected chi connectivity index (χ4v) is 12.9. The lowest BCUT2D eigenvalue weighted by Crippen LogP contribution is -2.47. The van der Waals surface area contributed by atoms with Crippen molar-refractivity contribution in [3.8, 4) is 11.5 Å². The standard InChI is InChI=1S/C40H50O8/c1-38-13-11-26-24(28(38)7-9-32(38)43)5-3-20-15-22(41)17-30(35(20)26)40(37(47)48,19-34(45)46)31-18-23(42)16-21-4-6-25-27(36(21)31)12-14-39(2)29(25)8-10-33(39)44/h15-18,24-29,32-33,41-44H,3-14,19H2,1-2H3,(H,45,46)(H,47,48)/t24-,25-,26+,27+,28+,29+,32-,33-,38+,39+/m1/s1. The van der Waals surface area contributed by atoms with E-state index in [1.807, 2.05) is 0 Å². The van der Waals surface area contributed by atoms with Gasteiger partial charge < -0.3 is 30.6 Å². The molecule has 6 N–H and O–H groups in total. The van der Waals surface area contributed by atoms with Gasteiger partial charge in [0.1, 0.15) is 16.9 Å². The van der Waals surface area contributed by atoms with Gasteiger partial charge in [0.15, 0.2) is 0 Å². The molecule has 4 saturated carbocycles. The molecule has 0 amide bonds. The molecule has 0 radical (unpaired) electrons. The topological polar surface area (TPSA) is 156 Å². The summed E-state index contributed by atoms with van der Waals surface area (Å²) in [6.07, 6.45) is 8.07. The third-order valence-electron chi connectivity index (χ3n) is 15.2. The molecule has 0 bridgehead atoms. The Balaban J connectivity index is 1.35. The monoisotopic (exact) mass is 658 g/mol. The Hall–Kier alpha value is -3.10. The van der Waals surface area contributed by atoms with E-state index in [-0.39, 0.29) is 70.0 Å². The lowest BCUT2D eigenvalue weighted by molar-refractivity contribution is -0.148. The molecule has 4 fully saturated rings. The van der Waals surface area contributed by atoms with Gasteiger partial charge in [-0.1, -0.05) is 13.8 Å². The summed E-state index contributed by atoms with van der Waals surface area (Å²) in [5.74, 6) is -1.71. The number of carbonyl (C=O) groups is 2. The molecule has 2 aromatic carbocycles. The average Bonchev–Trinajstić information content (AvgIpc) is 3.52. The second-order valence-electron chi connectivity index (χ2n) is 17.0. The van der Waals surface area contributed by atoms with E-state index in [0.29, 0.717) is 24.0 Å². The zero-order valence-corrected chi connectivity index (χ0v) is 28.1. The summed E-state index contributed by atoms with van der Waals surface area (Å²) in [7, 11) is 0. The van der Waals surface area contributed by atoms with Crippen LogP contribution in [-0.4, -0.2) is 54.8 Å².